The fourth-order valence-electron chi connectivity index (χ4n) is 6.13. The van der Waals surface area contributed by atoms with Crippen LogP contribution in [0.1, 0.15) is 145 Å². The van der Waals surface area contributed by atoms with Crippen molar-refractivity contribution >= 4 is 8.32 Å². The Labute approximate surface area is 225 Å². The molecule has 3 aliphatic rings. The predicted octanol–water partition coefficient (Wildman–Crippen LogP) is 10.6. The molecule has 3 rings (SSSR count). The third-order valence-electron chi connectivity index (χ3n) is 8.04. The van der Waals surface area contributed by atoms with E-state index in [9.17, 15) is 0 Å². The molecule has 3 fully saturated rings. The van der Waals surface area contributed by atoms with Crippen LogP contribution in [-0.4, -0.2) is 14.4 Å². The van der Waals surface area contributed by atoms with Gasteiger partial charge in [-0.15, -0.1) is 0 Å². The first-order valence-electron chi connectivity index (χ1n) is 14.4. The molecule has 0 heterocycles. The first-order valence-corrected chi connectivity index (χ1v) is 16.5. The molecule has 0 N–H and O–H groups in total. The van der Waals surface area contributed by atoms with Gasteiger partial charge < -0.3 is 17.4 Å². The molecule has 0 saturated heterocycles. The molecule has 2 atom stereocenters. The van der Waals surface area contributed by atoms with Crippen molar-refractivity contribution in [1.82, 2.24) is 0 Å². The minimum atomic E-state index is -1.78. The Hall–Kier alpha value is 0.631. The van der Waals surface area contributed by atoms with Crippen molar-refractivity contribution in [3.8, 4) is 0 Å². The number of rotatable bonds is 8. The molecule has 33 heavy (non-hydrogen) atoms. The Balaban J connectivity index is 0.000000754. The van der Waals surface area contributed by atoms with Gasteiger partial charge in [0.2, 0.25) is 8.32 Å². The third-order valence-corrected chi connectivity index (χ3v) is 14.2. The van der Waals surface area contributed by atoms with Crippen LogP contribution in [0.4, 0.5) is 0 Å². The molecular formula is C30H58OSiTi+2. The van der Waals surface area contributed by atoms with E-state index in [0.29, 0.717) is 28.6 Å². The van der Waals surface area contributed by atoms with Crippen LogP contribution in [0.15, 0.2) is 5.57 Å². The molecule has 0 radical (unpaired) electrons. The summed E-state index contributed by atoms with van der Waals surface area (Å²) in [6, 6.07) is 0. The quantitative estimate of drug-likeness (QED) is 0.179. The minimum Gasteiger partial charge on any atom is -0.499 e. The fraction of sp³-hybridized carbons (Fsp3) is 0.900. The predicted molar refractivity (Wildman–Crippen MR) is 146 cm³/mol. The summed E-state index contributed by atoms with van der Waals surface area (Å²) in [6.45, 7) is 20.9. The molecule has 3 saturated carbocycles. The second kappa shape index (κ2) is 18.8. The van der Waals surface area contributed by atoms with Crippen LogP contribution < -0.4 is 0 Å². The van der Waals surface area contributed by atoms with E-state index in [4.69, 9.17) is 4.43 Å². The molecule has 0 aliphatic heterocycles. The van der Waals surface area contributed by atoms with Gasteiger partial charge in [-0.25, -0.2) is 0 Å². The molecular weight excluding hydrogens is 452 g/mol. The average molecular weight is 511 g/mol. The van der Waals surface area contributed by atoms with Gasteiger partial charge in [-0.2, -0.15) is 12.3 Å². The molecule has 1 nitrogen and oxygen atoms in total. The Morgan fingerprint density at radius 2 is 1.21 bits per heavy atom. The van der Waals surface area contributed by atoms with E-state index in [-0.39, 0.29) is 21.7 Å². The fourth-order valence-corrected chi connectivity index (χ4v) is 11.8. The Morgan fingerprint density at radius 1 is 0.818 bits per heavy atom. The zero-order valence-corrected chi connectivity index (χ0v) is 26.2. The topological polar surface area (TPSA) is 9.23 Å². The van der Waals surface area contributed by atoms with Crippen LogP contribution in [0.3, 0.4) is 0 Å². The molecule has 2 unspecified atom stereocenters. The van der Waals surface area contributed by atoms with Gasteiger partial charge in [0, 0.05) is 6.10 Å². The van der Waals surface area contributed by atoms with Crippen LogP contribution in [0.25, 0.3) is 0 Å². The van der Waals surface area contributed by atoms with Crippen molar-refractivity contribution in [2.24, 2.45) is 5.92 Å². The van der Waals surface area contributed by atoms with E-state index in [2.05, 4.69) is 61.5 Å². The number of allylic oxidation sites excluding steroid dienone is 1. The standard InChI is InChI=1S/C20H38OSi.2C5H10.Ti/c1-9-10-11-12-19-13-14-20(18(19)8)21-22(15(2)3,16(4)5)17(6)7;2*1-2-4-5-3-1;/h15-18,20H,8-11,13-14H2,1-7H3;2*1-5H2;/q-2;;;+4. The van der Waals surface area contributed by atoms with Crippen LogP contribution in [0, 0.1) is 18.9 Å². The smallest absolute Gasteiger partial charge is 0.499 e. The molecule has 0 bridgehead atoms. The normalized spacial score (nSPS) is 24.0. The maximum Gasteiger partial charge on any atom is 4.00 e. The molecule has 190 valence electrons. The largest absolute Gasteiger partial charge is 4.00 e. The summed E-state index contributed by atoms with van der Waals surface area (Å²) in [4.78, 5) is 0. The monoisotopic (exact) mass is 510 g/mol. The maximum atomic E-state index is 6.95. The summed E-state index contributed by atoms with van der Waals surface area (Å²) >= 11 is 0. The van der Waals surface area contributed by atoms with Gasteiger partial charge in [-0.3, -0.25) is 5.57 Å². The Morgan fingerprint density at radius 3 is 1.55 bits per heavy atom. The van der Waals surface area contributed by atoms with Crippen molar-refractivity contribution in [3.63, 3.8) is 0 Å². The average Bonchev–Trinajstić information content (AvgIpc) is 3.53. The molecule has 0 amide bonds. The van der Waals surface area contributed by atoms with Crippen molar-refractivity contribution in [2.45, 2.75) is 168 Å². The summed E-state index contributed by atoms with van der Waals surface area (Å²) in [5.41, 5.74) is 3.38. The van der Waals surface area contributed by atoms with E-state index in [1.807, 2.05) is 0 Å². The van der Waals surface area contributed by atoms with Crippen molar-refractivity contribution in [1.29, 1.82) is 0 Å². The third kappa shape index (κ3) is 11.5. The van der Waals surface area contributed by atoms with Gasteiger partial charge in [0.1, 0.15) is 0 Å². The van der Waals surface area contributed by atoms with Gasteiger partial charge in [0.05, 0.1) is 0 Å². The van der Waals surface area contributed by atoms with Gasteiger partial charge in [0.25, 0.3) is 0 Å². The summed E-state index contributed by atoms with van der Waals surface area (Å²) < 4.78 is 6.95. The van der Waals surface area contributed by atoms with E-state index in [1.165, 1.54) is 82.6 Å². The minimum absolute atomic E-state index is 0. The zero-order chi connectivity index (χ0) is 24.0. The molecule has 3 aliphatic carbocycles. The van der Waals surface area contributed by atoms with E-state index in [1.54, 1.807) is 0 Å². The van der Waals surface area contributed by atoms with E-state index < -0.39 is 8.32 Å². The van der Waals surface area contributed by atoms with Gasteiger partial charge >= 0.3 is 21.7 Å². The van der Waals surface area contributed by atoms with Crippen molar-refractivity contribution in [3.05, 3.63) is 18.6 Å². The van der Waals surface area contributed by atoms with Crippen LogP contribution in [0.5, 0.6) is 0 Å². The summed E-state index contributed by atoms with van der Waals surface area (Å²) in [5.74, 6) is 0.319. The molecule has 0 aromatic rings. The molecule has 0 aromatic heterocycles. The summed E-state index contributed by atoms with van der Waals surface area (Å²) in [6.07, 6.45) is 24.8. The van der Waals surface area contributed by atoms with Gasteiger partial charge in [-0.1, -0.05) is 132 Å². The zero-order valence-electron chi connectivity index (χ0n) is 23.6. The SMILES string of the molecule is C1CCCC1.C1CCCC1.[CH2-]C1C(=[C-]CCCC)CCC1O[Si](C(C)C)(C(C)C)C(C)C.[Ti+4]. The first kappa shape index (κ1) is 33.6. The second-order valence-corrected chi connectivity index (χ2v) is 16.9. The number of hydrogen-bond acceptors (Lipinski definition) is 1. The first-order chi connectivity index (χ1) is 15.3. The summed E-state index contributed by atoms with van der Waals surface area (Å²) in [5, 5.41) is 0. The van der Waals surface area contributed by atoms with Crippen LogP contribution >= 0.6 is 0 Å². The summed E-state index contributed by atoms with van der Waals surface area (Å²) in [7, 11) is -1.78. The van der Waals surface area contributed by atoms with Crippen molar-refractivity contribution < 1.29 is 26.1 Å². The molecule has 3 heteroatoms. The van der Waals surface area contributed by atoms with Crippen LogP contribution in [0.2, 0.25) is 16.6 Å². The Kier molecular flexibility index (Phi) is 19.2. The molecule has 0 spiro atoms. The van der Waals surface area contributed by atoms with E-state index in [0.717, 1.165) is 19.3 Å². The number of hydrogen-bond donors (Lipinski definition) is 0. The van der Waals surface area contributed by atoms with Gasteiger partial charge in [-0.05, 0) is 23.0 Å². The maximum absolute atomic E-state index is 6.95. The van der Waals surface area contributed by atoms with E-state index >= 15 is 0 Å². The second-order valence-electron chi connectivity index (χ2n) is 11.5. The van der Waals surface area contributed by atoms with Gasteiger partial charge in [0.15, 0.2) is 0 Å². The Bertz CT molecular complexity index is 445. The van der Waals surface area contributed by atoms with Crippen molar-refractivity contribution in [2.75, 3.05) is 0 Å². The number of unbranched alkanes of at least 4 members (excludes halogenated alkanes) is 2. The molecule has 0 aromatic carbocycles. The van der Waals surface area contributed by atoms with Crippen LogP contribution in [-0.2, 0) is 26.1 Å².